The van der Waals surface area contributed by atoms with E-state index >= 15 is 0 Å². The number of carbonyl (C=O) groups excluding carboxylic acids is 2. The fourth-order valence-corrected chi connectivity index (χ4v) is 5.02. The van der Waals surface area contributed by atoms with E-state index in [9.17, 15) is 18.0 Å². The Kier molecular flexibility index (Phi) is 7.29. The van der Waals surface area contributed by atoms with Crippen molar-refractivity contribution in [3.8, 4) is 5.75 Å². The molecule has 0 saturated carbocycles. The maximum Gasteiger partial charge on any atom is 0.243 e. The van der Waals surface area contributed by atoms with Crippen LogP contribution in [-0.2, 0) is 26.0 Å². The number of likely N-dealkylation sites (N-methyl/N-ethyl adjacent to an activating group) is 1. The molecule has 2 aromatic carbocycles. The summed E-state index contributed by atoms with van der Waals surface area (Å²) in [4.78, 5) is 24.7. The van der Waals surface area contributed by atoms with Gasteiger partial charge in [0.15, 0.2) is 0 Å². The number of amides is 2. The van der Waals surface area contributed by atoms with Crippen LogP contribution in [0.25, 0.3) is 0 Å². The number of ether oxygens (including phenoxy) is 1. The van der Waals surface area contributed by atoms with E-state index in [1.165, 1.54) is 23.5 Å². The molecule has 1 aliphatic heterocycles. The largest absolute Gasteiger partial charge is 0.497 e. The van der Waals surface area contributed by atoms with Gasteiger partial charge in [0, 0.05) is 31.7 Å². The molecule has 0 spiro atoms. The quantitative estimate of drug-likeness (QED) is 0.679. The minimum atomic E-state index is -3.62. The van der Waals surface area contributed by atoms with Gasteiger partial charge >= 0.3 is 0 Å². The van der Waals surface area contributed by atoms with Gasteiger partial charge in [-0.05, 0) is 48.7 Å². The summed E-state index contributed by atoms with van der Waals surface area (Å²) < 4.78 is 32.2. The Morgan fingerprint density at radius 1 is 1.06 bits per heavy atom. The Hall–Kier alpha value is -2.91. The first kappa shape index (κ1) is 22.8. The van der Waals surface area contributed by atoms with Crippen LogP contribution in [0.3, 0.4) is 0 Å². The summed E-state index contributed by atoms with van der Waals surface area (Å²) in [6.45, 7) is 0.540. The molecule has 8 nitrogen and oxygen atoms in total. The van der Waals surface area contributed by atoms with Crippen LogP contribution >= 0.6 is 0 Å². The molecule has 1 heterocycles. The van der Waals surface area contributed by atoms with Gasteiger partial charge in [0.1, 0.15) is 5.75 Å². The SMILES string of the molecule is CNC(=O)Cc1ccccc1NC(=O)C1CCN(S(=O)(=O)c2ccc(OC)cc2)CC1. The van der Waals surface area contributed by atoms with E-state index < -0.39 is 10.0 Å². The Labute approximate surface area is 182 Å². The van der Waals surface area contributed by atoms with Crippen LogP contribution in [0, 0.1) is 5.92 Å². The standard InChI is InChI=1S/C22H27N3O5S/c1-23-21(26)15-17-5-3-4-6-20(17)24-22(27)16-11-13-25(14-12-16)31(28,29)19-9-7-18(30-2)8-10-19/h3-10,16H,11-15H2,1-2H3,(H,23,26)(H,24,27). The predicted octanol–water partition coefficient (Wildman–Crippen LogP) is 2.02. The molecule has 0 bridgehead atoms. The zero-order valence-corrected chi connectivity index (χ0v) is 18.4. The summed E-state index contributed by atoms with van der Waals surface area (Å²) in [5.74, 6) is -0.00833. The molecule has 2 aromatic rings. The average Bonchev–Trinajstić information content (AvgIpc) is 2.80. The van der Waals surface area contributed by atoms with E-state index in [-0.39, 0.29) is 42.1 Å². The monoisotopic (exact) mass is 445 g/mol. The smallest absolute Gasteiger partial charge is 0.243 e. The van der Waals surface area contributed by atoms with Crippen LogP contribution in [0.4, 0.5) is 5.69 Å². The Morgan fingerprint density at radius 3 is 2.32 bits per heavy atom. The lowest BCUT2D eigenvalue weighted by molar-refractivity contribution is -0.121. The fourth-order valence-electron chi connectivity index (χ4n) is 3.55. The van der Waals surface area contributed by atoms with Crippen molar-refractivity contribution in [1.29, 1.82) is 0 Å². The zero-order chi connectivity index (χ0) is 22.4. The second kappa shape index (κ2) is 9.93. The number of anilines is 1. The fraction of sp³-hybridized carbons (Fsp3) is 0.364. The molecule has 0 radical (unpaired) electrons. The number of methoxy groups -OCH3 is 1. The normalized spacial score (nSPS) is 15.3. The van der Waals surface area contributed by atoms with Crippen molar-refractivity contribution in [2.45, 2.75) is 24.2 Å². The predicted molar refractivity (Wildman–Crippen MR) is 117 cm³/mol. The molecule has 1 saturated heterocycles. The number of rotatable bonds is 7. The zero-order valence-electron chi connectivity index (χ0n) is 17.6. The number of hydrogen-bond acceptors (Lipinski definition) is 5. The lowest BCUT2D eigenvalue weighted by atomic mass is 9.97. The van der Waals surface area contributed by atoms with Crippen molar-refractivity contribution in [3.63, 3.8) is 0 Å². The van der Waals surface area contributed by atoms with Crippen molar-refractivity contribution < 1.29 is 22.7 Å². The van der Waals surface area contributed by atoms with Crippen LogP contribution in [0.5, 0.6) is 5.75 Å². The van der Waals surface area contributed by atoms with Crippen LogP contribution in [0.15, 0.2) is 53.4 Å². The summed E-state index contributed by atoms with van der Waals surface area (Å²) in [6, 6.07) is 13.5. The molecule has 1 fully saturated rings. The number of para-hydroxylation sites is 1. The number of nitrogens with zero attached hydrogens (tertiary/aromatic N) is 1. The Bertz CT molecular complexity index is 1030. The minimum Gasteiger partial charge on any atom is -0.497 e. The third-order valence-electron chi connectivity index (χ3n) is 5.43. The van der Waals surface area contributed by atoms with Gasteiger partial charge in [-0.2, -0.15) is 4.31 Å². The molecule has 3 rings (SSSR count). The second-order valence-electron chi connectivity index (χ2n) is 7.35. The first-order chi connectivity index (χ1) is 14.8. The molecule has 0 aliphatic carbocycles. The maximum absolute atomic E-state index is 12.9. The average molecular weight is 446 g/mol. The van der Waals surface area contributed by atoms with Gasteiger partial charge in [-0.3, -0.25) is 9.59 Å². The van der Waals surface area contributed by atoms with E-state index in [0.29, 0.717) is 24.3 Å². The first-order valence-corrected chi connectivity index (χ1v) is 11.5. The number of carbonyl (C=O) groups is 2. The molecule has 166 valence electrons. The van der Waals surface area contributed by atoms with Gasteiger partial charge in [-0.1, -0.05) is 18.2 Å². The number of hydrogen-bond donors (Lipinski definition) is 2. The highest BCUT2D eigenvalue weighted by Crippen LogP contribution is 2.26. The highest BCUT2D eigenvalue weighted by Gasteiger charge is 2.32. The first-order valence-electron chi connectivity index (χ1n) is 10.1. The lowest BCUT2D eigenvalue weighted by Crippen LogP contribution is -2.41. The van der Waals surface area contributed by atoms with Crippen LogP contribution in [0.1, 0.15) is 18.4 Å². The van der Waals surface area contributed by atoms with Crippen molar-refractivity contribution in [2.75, 3.05) is 32.6 Å². The molecule has 9 heteroatoms. The summed E-state index contributed by atoms with van der Waals surface area (Å²) in [5.41, 5.74) is 1.33. The van der Waals surface area contributed by atoms with Crippen molar-refractivity contribution >= 4 is 27.5 Å². The molecule has 1 aliphatic rings. The van der Waals surface area contributed by atoms with E-state index in [4.69, 9.17) is 4.74 Å². The molecule has 2 N–H and O–H groups in total. The van der Waals surface area contributed by atoms with Gasteiger partial charge in [0.25, 0.3) is 0 Å². The summed E-state index contributed by atoms with van der Waals surface area (Å²) in [6.07, 6.45) is 1.03. The highest BCUT2D eigenvalue weighted by molar-refractivity contribution is 7.89. The molecule has 31 heavy (non-hydrogen) atoms. The lowest BCUT2D eigenvalue weighted by Gasteiger charge is -2.30. The number of nitrogens with one attached hydrogen (secondary N) is 2. The van der Waals surface area contributed by atoms with Crippen molar-refractivity contribution in [1.82, 2.24) is 9.62 Å². The molecule has 0 aromatic heterocycles. The number of piperidine rings is 1. The molecular formula is C22H27N3O5S. The van der Waals surface area contributed by atoms with E-state index in [1.807, 2.05) is 6.07 Å². The van der Waals surface area contributed by atoms with E-state index in [2.05, 4.69) is 10.6 Å². The molecule has 0 atom stereocenters. The minimum absolute atomic E-state index is 0.140. The van der Waals surface area contributed by atoms with Crippen molar-refractivity contribution in [3.05, 3.63) is 54.1 Å². The summed E-state index contributed by atoms with van der Waals surface area (Å²) >= 11 is 0. The van der Waals surface area contributed by atoms with Crippen LogP contribution < -0.4 is 15.4 Å². The van der Waals surface area contributed by atoms with Crippen LogP contribution in [-0.4, -0.2) is 51.8 Å². The third-order valence-corrected chi connectivity index (χ3v) is 7.34. The van der Waals surface area contributed by atoms with Crippen molar-refractivity contribution in [2.24, 2.45) is 5.92 Å². The number of benzene rings is 2. The summed E-state index contributed by atoms with van der Waals surface area (Å²) in [7, 11) is -0.526. The topological polar surface area (TPSA) is 105 Å². The second-order valence-corrected chi connectivity index (χ2v) is 9.29. The highest BCUT2D eigenvalue weighted by atomic mass is 32.2. The van der Waals surface area contributed by atoms with E-state index in [1.54, 1.807) is 37.4 Å². The third kappa shape index (κ3) is 5.42. The molecule has 0 unspecified atom stereocenters. The Morgan fingerprint density at radius 2 is 1.71 bits per heavy atom. The van der Waals surface area contributed by atoms with E-state index in [0.717, 1.165) is 5.56 Å². The molecule has 2 amide bonds. The number of sulfonamides is 1. The van der Waals surface area contributed by atoms with Gasteiger partial charge < -0.3 is 15.4 Å². The van der Waals surface area contributed by atoms with Gasteiger partial charge in [0.05, 0.1) is 18.4 Å². The maximum atomic E-state index is 12.9. The summed E-state index contributed by atoms with van der Waals surface area (Å²) in [5, 5.41) is 5.48. The van der Waals surface area contributed by atoms with Gasteiger partial charge in [-0.25, -0.2) is 8.42 Å². The van der Waals surface area contributed by atoms with Gasteiger partial charge in [0.2, 0.25) is 21.8 Å². The van der Waals surface area contributed by atoms with Gasteiger partial charge in [-0.15, -0.1) is 0 Å². The molecular weight excluding hydrogens is 418 g/mol. The Balaban J connectivity index is 1.62. The van der Waals surface area contributed by atoms with Crippen LogP contribution in [0.2, 0.25) is 0 Å².